The highest BCUT2D eigenvalue weighted by atomic mass is 16.6. The minimum absolute atomic E-state index is 0.113. The normalized spacial score (nSPS) is 12.0. The number of para-hydroxylation sites is 2. The number of nitrogens with zero attached hydrogens (tertiary/aromatic N) is 4. The van der Waals surface area contributed by atoms with Crippen molar-refractivity contribution in [3.63, 3.8) is 0 Å². The number of rotatable bonds is 6. The summed E-state index contributed by atoms with van der Waals surface area (Å²) in [4.78, 5) is 22.0. The third kappa shape index (κ3) is 4.68. The molecule has 0 spiro atoms. The second-order valence-corrected chi connectivity index (χ2v) is 4.44. The van der Waals surface area contributed by atoms with Crippen LogP contribution < -0.4 is 5.43 Å². The molecular formula is C13H17N5O3. The summed E-state index contributed by atoms with van der Waals surface area (Å²) in [6.07, 6.45) is 0. The lowest BCUT2D eigenvalue weighted by molar-refractivity contribution is -0.384. The van der Waals surface area contributed by atoms with Crippen LogP contribution in [0.3, 0.4) is 0 Å². The van der Waals surface area contributed by atoms with Crippen molar-refractivity contribution < 1.29 is 9.72 Å². The molecule has 0 heterocycles. The van der Waals surface area contributed by atoms with Gasteiger partial charge in [0.1, 0.15) is 11.4 Å². The standard InChI is InChI=1S/C13H17N5O3/c1-9(16-17(3)4)13(10(2)19)15-14-11-7-5-6-8-12(11)18(20)21/h5-8,14H,1-4H3/b15-13+,16-9?. The fourth-order valence-electron chi connectivity index (χ4n) is 1.61. The number of carbonyl (C=O) groups is 1. The number of nitro groups is 1. The van der Waals surface area contributed by atoms with Crippen LogP contribution in [0.1, 0.15) is 13.8 Å². The molecule has 0 radical (unpaired) electrons. The van der Waals surface area contributed by atoms with Crippen LogP contribution in [0.4, 0.5) is 11.4 Å². The zero-order valence-corrected chi connectivity index (χ0v) is 12.3. The second kappa shape index (κ2) is 7.13. The Morgan fingerprint density at radius 2 is 1.90 bits per heavy atom. The third-order valence-corrected chi connectivity index (χ3v) is 2.42. The largest absolute Gasteiger partial charge is 0.303 e. The topological polar surface area (TPSA) is 100 Å². The van der Waals surface area contributed by atoms with E-state index in [0.29, 0.717) is 5.71 Å². The van der Waals surface area contributed by atoms with E-state index in [9.17, 15) is 14.9 Å². The first-order valence-corrected chi connectivity index (χ1v) is 6.14. The van der Waals surface area contributed by atoms with Crippen LogP contribution in [0.25, 0.3) is 0 Å². The number of hydrogen-bond acceptors (Lipinski definition) is 7. The fourth-order valence-corrected chi connectivity index (χ4v) is 1.61. The first-order chi connectivity index (χ1) is 9.82. The van der Waals surface area contributed by atoms with Gasteiger partial charge in [0, 0.05) is 27.1 Å². The van der Waals surface area contributed by atoms with Crippen molar-refractivity contribution >= 4 is 28.6 Å². The van der Waals surface area contributed by atoms with Gasteiger partial charge >= 0.3 is 0 Å². The summed E-state index contributed by atoms with van der Waals surface area (Å²) >= 11 is 0. The number of anilines is 1. The van der Waals surface area contributed by atoms with Crippen LogP contribution in [-0.2, 0) is 4.79 Å². The molecule has 0 aliphatic heterocycles. The summed E-state index contributed by atoms with van der Waals surface area (Å²) in [6, 6.07) is 6.06. The van der Waals surface area contributed by atoms with E-state index >= 15 is 0 Å². The highest BCUT2D eigenvalue weighted by Gasteiger charge is 2.14. The Labute approximate surface area is 122 Å². The molecule has 21 heavy (non-hydrogen) atoms. The molecule has 0 aliphatic carbocycles. The SMILES string of the molecule is CC(=O)/C(=N/Nc1ccccc1[N+](=O)[O-])C(C)=NN(C)C. The molecule has 112 valence electrons. The second-order valence-electron chi connectivity index (χ2n) is 4.44. The molecule has 8 nitrogen and oxygen atoms in total. The molecule has 1 aromatic rings. The molecule has 1 N–H and O–H groups in total. The molecule has 0 aromatic heterocycles. The van der Waals surface area contributed by atoms with E-state index in [0.717, 1.165) is 0 Å². The molecule has 0 atom stereocenters. The van der Waals surface area contributed by atoms with Crippen molar-refractivity contribution in [3.8, 4) is 0 Å². The van der Waals surface area contributed by atoms with Gasteiger partial charge in [-0.25, -0.2) is 0 Å². The van der Waals surface area contributed by atoms with Gasteiger partial charge in [-0.05, 0) is 13.0 Å². The molecule has 0 fully saturated rings. The molecule has 0 saturated heterocycles. The molecule has 0 amide bonds. The van der Waals surface area contributed by atoms with Crippen molar-refractivity contribution in [2.24, 2.45) is 10.2 Å². The monoisotopic (exact) mass is 291 g/mol. The molecule has 8 heteroatoms. The number of Topliss-reactive ketones (excluding diaryl/α,β-unsaturated/α-hetero) is 1. The molecule has 1 rings (SSSR count). The number of hydrazone groups is 2. The van der Waals surface area contributed by atoms with E-state index in [1.165, 1.54) is 19.1 Å². The van der Waals surface area contributed by atoms with E-state index in [1.807, 2.05) is 0 Å². The Kier molecular flexibility index (Phi) is 5.53. The summed E-state index contributed by atoms with van der Waals surface area (Å²) < 4.78 is 0. The third-order valence-electron chi connectivity index (χ3n) is 2.42. The van der Waals surface area contributed by atoms with Gasteiger partial charge in [-0.15, -0.1) is 0 Å². The predicted octanol–water partition coefficient (Wildman–Crippen LogP) is 1.89. The molecule has 0 unspecified atom stereocenters. The van der Waals surface area contributed by atoms with E-state index in [4.69, 9.17) is 0 Å². The zero-order chi connectivity index (χ0) is 16.0. The summed E-state index contributed by atoms with van der Waals surface area (Å²) in [7, 11) is 3.44. The Hall–Kier alpha value is -2.77. The number of nitrogens with one attached hydrogen (secondary N) is 1. The van der Waals surface area contributed by atoms with Crippen molar-refractivity contribution in [2.45, 2.75) is 13.8 Å². The van der Waals surface area contributed by atoms with E-state index in [2.05, 4.69) is 15.6 Å². The molecule has 0 saturated carbocycles. The van der Waals surface area contributed by atoms with Crippen LogP contribution in [0, 0.1) is 10.1 Å². The summed E-state index contributed by atoms with van der Waals surface area (Å²) in [6.45, 7) is 3.00. The van der Waals surface area contributed by atoms with Crippen molar-refractivity contribution in [1.82, 2.24) is 5.01 Å². The number of ketones is 1. The van der Waals surface area contributed by atoms with Crippen LogP contribution in [-0.4, -0.2) is 41.2 Å². The highest BCUT2D eigenvalue weighted by molar-refractivity contribution is 6.66. The summed E-state index contributed by atoms with van der Waals surface area (Å²) in [5.41, 5.74) is 3.17. The van der Waals surface area contributed by atoms with Gasteiger partial charge in [0.15, 0.2) is 5.78 Å². The molecule has 0 aliphatic rings. The lowest BCUT2D eigenvalue weighted by atomic mass is 10.2. The van der Waals surface area contributed by atoms with Crippen molar-refractivity contribution in [3.05, 3.63) is 34.4 Å². The van der Waals surface area contributed by atoms with Gasteiger partial charge in [-0.1, -0.05) is 12.1 Å². The van der Waals surface area contributed by atoms with Gasteiger partial charge in [0.05, 0.1) is 10.6 Å². The Morgan fingerprint density at radius 1 is 1.29 bits per heavy atom. The minimum atomic E-state index is -0.522. The first kappa shape index (κ1) is 16.3. The maximum atomic E-state index is 11.6. The number of benzene rings is 1. The minimum Gasteiger partial charge on any atom is -0.303 e. The van der Waals surface area contributed by atoms with Crippen molar-refractivity contribution in [2.75, 3.05) is 19.5 Å². The first-order valence-electron chi connectivity index (χ1n) is 6.14. The Balaban J connectivity index is 3.10. The fraction of sp³-hybridized carbons (Fsp3) is 0.308. The Morgan fingerprint density at radius 3 is 2.43 bits per heavy atom. The van der Waals surface area contributed by atoms with Gasteiger partial charge in [-0.3, -0.25) is 20.3 Å². The number of hydrogen-bond donors (Lipinski definition) is 1. The lowest BCUT2D eigenvalue weighted by Gasteiger charge is -2.08. The smallest absolute Gasteiger partial charge is 0.294 e. The van der Waals surface area contributed by atoms with Gasteiger partial charge in [0.2, 0.25) is 0 Å². The predicted molar refractivity (Wildman–Crippen MR) is 81.6 cm³/mol. The lowest BCUT2D eigenvalue weighted by Crippen LogP contribution is -2.23. The molecule has 1 aromatic carbocycles. The van der Waals surface area contributed by atoms with Gasteiger partial charge in [0.25, 0.3) is 5.69 Å². The quantitative estimate of drug-likeness (QED) is 0.490. The van der Waals surface area contributed by atoms with E-state index in [-0.39, 0.29) is 22.9 Å². The highest BCUT2D eigenvalue weighted by Crippen LogP contribution is 2.23. The van der Waals surface area contributed by atoms with Crippen LogP contribution in [0.15, 0.2) is 34.5 Å². The van der Waals surface area contributed by atoms with Crippen LogP contribution >= 0.6 is 0 Å². The zero-order valence-electron chi connectivity index (χ0n) is 12.3. The van der Waals surface area contributed by atoms with E-state index in [1.54, 1.807) is 38.2 Å². The molecule has 0 bridgehead atoms. The Bertz CT molecular complexity index is 608. The van der Waals surface area contributed by atoms with Crippen molar-refractivity contribution in [1.29, 1.82) is 0 Å². The van der Waals surface area contributed by atoms with Gasteiger partial charge in [-0.2, -0.15) is 10.2 Å². The summed E-state index contributed by atoms with van der Waals surface area (Å²) in [5.74, 6) is -0.288. The molecular weight excluding hydrogens is 274 g/mol. The average molecular weight is 291 g/mol. The summed E-state index contributed by atoms with van der Waals surface area (Å²) in [5, 5.41) is 20.5. The maximum absolute atomic E-state index is 11.6. The number of carbonyl (C=O) groups excluding carboxylic acids is 1. The number of nitro benzene ring substituents is 1. The van der Waals surface area contributed by atoms with E-state index < -0.39 is 4.92 Å². The maximum Gasteiger partial charge on any atom is 0.294 e. The van der Waals surface area contributed by atoms with Crippen LogP contribution in [0.5, 0.6) is 0 Å². The average Bonchev–Trinajstić information content (AvgIpc) is 2.37. The van der Waals surface area contributed by atoms with Gasteiger partial charge < -0.3 is 5.01 Å². The van der Waals surface area contributed by atoms with Crippen LogP contribution in [0.2, 0.25) is 0 Å².